The minimum atomic E-state index is 0. The van der Waals surface area contributed by atoms with Gasteiger partial charge in [0.05, 0.1) is 11.4 Å². The summed E-state index contributed by atoms with van der Waals surface area (Å²) in [5.74, 6) is 1.62. The number of aryl methyl sites for hydroxylation is 1. The lowest BCUT2D eigenvalue weighted by Gasteiger charge is -2.36. The number of aliphatic imine (C=N–C) groups is 1. The number of oxazole rings is 1. The Morgan fingerprint density at radius 1 is 1.09 bits per heavy atom. The van der Waals surface area contributed by atoms with Crippen LogP contribution in [0.5, 0.6) is 0 Å². The second kappa shape index (κ2) is 12.0. The largest absolute Gasteiger partial charge is 0.444 e. The van der Waals surface area contributed by atoms with Crippen LogP contribution in [0.1, 0.15) is 23.9 Å². The molecule has 1 aliphatic rings. The number of aromatic nitrogens is 2. The number of rotatable bonds is 7. The first-order valence-electron chi connectivity index (χ1n) is 10.9. The van der Waals surface area contributed by atoms with E-state index in [4.69, 9.17) is 13.9 Å². The maximum Gasteiger partial charge on any atom is 0.226 e. The number of benzene rings is 1. The highest BCUT2D eigenvalue weighted by molar-refractivity contribution is 14.0. The monoisotopic (exact) mass is 550 g/mol. The Labute approximate surface area is 206 Å². The first kappa shape index (κ1) is 24.2. The number of hydrogen-bond donors (Lipinski definition) is 1. The summed E-state index contributed by atoms with van der Waals surface area (Å²) >= 11 is 0. The van der Waals surface area contributed by atoms with Gasteiger partial charge in [-0.25, -0.2) is 4.98 Å². The van der Waals surface area contributed by atoms with E-state index in [9.17, 15) is 0 Å². The van der Waals surface area contributed by atoms with Gasteiger partial charge in [0.1, 0.15) is 12.5 Å². The summed E-state index contributed by atoms with van der Waals surface area (Å²) in [6.07, 6.45) is 4.11. The van der Waals surface area contributed by atoms with Gasteiger partial charge in [0.25, 0.3) is 0 Å². The zero-order chi connectivity index (χ0) is 21.5. The molecule has 0 bridgehead atoms. The van der Waals surface area contributed by atoms with Crippen LogP contribution >= 0.6 is 24.0 Å². The molecule has 1 fully saturated rings. The van der Waals surface area contributed by atoms with Crippen molar-refractivity contribution in [2.75, 3.05) is 39.3 Å². The van der Waals surface area contributed by atoms with E-state index in [1.807, 2.05) is 18.2 Å². The third-order valence-electron chi connectivity index (χ3n) is 5.36. The van der Waals surface area contributed by atoms with Crippen molar-refractivity contribution in [2.45, 2.75) is 26.8 Å². The Bertz CT molecular complexity index is 963. The van der Waals surface area contributed by atoms with Crippen LogP contribution in [0.3, 0.4) is 0 Å². The molecule has 0 unspecified atom stereocenters. The molecule has 8 nitrogen and oxygen atoms in total. The molecule has 0 saturated carbocycles. The Morgan fingerprint density at radius 3 is 2.56 bits per heavy atom. The summed E-state index contributed by atoms with van der Waals surface area (Å²) in [6, 6.07) is 10.1. The summed E-state index contributed by atoms with van der Waals surface area (Å²) in [5.41, 5.74) is 4.12. The van der Waals surface area contributed by atoms with Crippen LogP contribution in [0.2, 0.25) is 0 Å². The SMILES string of the molecule is CCNC(=NCCc1coc(-c2ccc(C)cc2)n1)N1CCN(Cc2ccon2)CC1.I. The van der Waals surface area contributed by atoms with E-state index in [1.54, 1.807) is 12.5 Å². The van der Waals surface area contributed by atoms with Crippen molar-refractivity contribution in [3.05, 3.63) is 59.8 Å². The van der Waals surface area contributed by atoms with Crippen LogP contribution in [0.4, 0.5) is 0 Å². The van der Waals surface area contributed by atoms with E-state index in [0.29, 0.717) is 12.4 Å². The van der Waals surface area contributed by atoms with Gasteiger partial charge in [-0.15, -0.1) is 24.0 Å². The number of halogens is 1. The zero-order valence-electron chi connectivity index (χ0n) is 18.7. The predicted molar refractivity (Wildman–Crippen MR) is 135 cm³/mol. The summed E-state index contributed by atoms with van der Waals surface area (Å²) in [4.78, 5) is 14.2. The van der Waals surface area contributed by atoms with Crippen molar-refractivity contribution < 1.29 is 8.94 Å². The van der Waals surface area contributed by atoms with E-state index in [0.717, 1.165) is 68.6 Å². The molecule has 9 heteroatoms. The zero-order valence-corrected chi connectivity index (χ0v) is 21.0. The Kier molecular flexibility index (Phi) is 9.10. The minimum absolute atomic E-state index is 0. The minimum Gasteiger partial charge on any atom is -0.444 e. The van der Waals surface area contributed by atoms with Gasteiger partial charge in [-0.3, -0.25) is 9.89 Å². The van der Waals surface area contributed by atoms with Crippen molar-refractivity contribution in [1.29, 1.82) is 0 Å². The highest BCUT2D eigenvalue weighted by Crippen LogP contribution is 2.19. The van der Waals surface area contributed by atoms with Crippen molar-refractivity contribution in [1.82, 2.24) is 25.3 Å². The molecule has 3 heterocycles. The molecular weight excluding hydrogens is 519 g/mol. The quantitative estimate of drug-likeness (QED) is 0.274. The molecular formula is C23H31IN6O2. The Balaban J connectivity index is 0.00000289. The maximum atomic E-state index is 5.66. The van der Waals surface area contributed by atoms with E-state index < -0.39 is 0 Å². The predicted octanol–water partition coefficient (Wildman–Crippen LogP) is 3.58. The number of hydrogen-bond acceptors (Lipinski definition) is 6. The molecule has 0 amide bonds. The van der Waals surface area contributed by atoms with E-state index in [2.05, 4.69) is 51.2 Å². The number of guanidine groups is 1. The first-order chi connectivity index (χ1) is 15.2. The van der Waals surface area contributed by atoms with E-state index >= 15 is 0 Å². The fourth-order valence-corrected chi connectivity index (χ4v) is 3.62. The van der Waals surface area contributed by atoms with Crippen molar-refractivity contribution in [2.24, 2.45) is 4.99 Å². The lowest BCUT2D eigenvalue weighted by Crippen LogP contribution is -2.52. The molecule has 1 saturated heterocycles. The van der Waals surface area contributed by atoms with Gasteiger partial charge in [0, 0.05) is 63.9 Å². The molecule has 2 aromatic heterocycles. The fraction of sp³-hybridized carbons (Fsp3) is 0.435. The van der Waals surface area contributed by atoms with Gasteiger partial charge < -0.3 is 19.2 Å². The van der Waals surface area contributed by atoms with Crippen LogP contribution in [0, 0.1) is 6.92 Å². The van der Waals surface area contributed by atoms with Gasteiger partial charge in [-0.05, 0) is 26.0 Å². The summed E-state index contributed by atoms with van der Waals surface area (Å²) in [6.45, 7) is 10.3. The molecule has 1 aliphatic heterocycles. The number of nitrogens with one attached hydrogen (secondary N) is 1. The highest BCUT2D eigenvalue weighted by atomic mass is 127. The average Bonchev–Trinajstić information content (AvgIpc) is 3.47. The summed E-state index contributed by atoms with van der Waals surface area (Å²) in [5, 5.41) is 7.43. The second-order valence-electron chi connectivity index (χ2n) is 7.75. The van der Waals surface area contributed by atoms with E-state index in [-0.39, 0.29) is 24.0 Å². The van der Waals surface area contributed by atoms with Crippen LogP contribution in [0.15, 0.2) is 56.8 Å². The van der Waals surface area contributed by atoms with Gasteiger partial charge >= 0.3 is 0 Å². The molecule has 32 heavy (non-hydrogen) atoms. The normalized spacial score (nSPS) is 14.9. The summed E-state index contributed by atoms with van der Waals surface area (Å²) < 4.78 is 10.6. The van der Waals surface area contributed by atoms with Crippen molar-refractivity contribution in [3.8, 4) is 11.5 Å². The van der Waals surface area contributed by atoms with Crippen molar-refractivity contribution in [3.63, 3.8) is 0 Å². The molecule has 0 radical (unpaired) electrons. The van der Waals surface area contributed by atoms with Gasteiger partial charge in [-0.1, -0.05) is 22.9 Å². The lowest BCUT2D eigenvalue weighted by molar-refractivity contribution is 0.169. The summed E-state index contributed by atoms with van der Waals surface area (Å²) in [7, 11) is 0. The van der Waals surface area contributed by atoms with Gasteiger partial charge in [-0.2, -0.15) is 0 Å². The number of piperazine rings is 1. The smallest absolute Gasteiger partial charge is 0.226 e. The maximum absolute atomic E-state index is 5.66. The third-order valence-corrected chi connectivity index (χ3v) is 5.36. The average molecular weight is 550 g/mol. The molecule has 1 aromatic carbocycles. The fourth-order valence-electron chi connectivity index (χ4n) is 3.62. The second-order valence-corrected chi connectivity index (χ2v) is 7.75. The standard InChI is InChI=1S/C23H30N6O2.HI/c1-3-24-23(29-13-11-28(12-14-29)16-20-9-15-31-27-20)25-10-8-21-17-30-22(26-21)19-6-4-18(2)5-7-19;/h4-7,9,15,17H,3,8,10-14,16H2,1-2H3,(H,24,25);1H. The molecule has 0 aliphatic carbocycles. The number of nitrogens with zero attached hydrogens (tertiary/aromatic N) is 5. The van der Waals surface area contributed by atoms with Crippen LogP contribution in [-0.4, -0.2) is 65.2 Å². The molecule has 4 rings (SSSR count). The van der Waals surface area contributed by atoms with Gasteiger partial charge in [0.2, 0.25) is 5.89 Å². The molecule has 3 aromatic rings. The lowest BCUT2D eigenvalue weighted by atomic mass is 10.1. The molecule has 1 N–H and O–H groups in total. The van der Waals surface area contributed by atoms with Crippen LogP contribution in [0.25, 0.3) is 11.5 Å². The third kappa shape index (κ3) is 6.55. The molecule has 0 spiro atoms. The first-order valence-corrected chi connectivity index (χ1v) is 10.9. The van der Waals surface area contributed by atoms with Crippen LogP contribution < -0.4 is 5.32 Å². The van der Waals surface area contributed by atoms with Gasteiger partial charge in [0.15, 0.2) is 5.96 Å². The molecule has 172 valence electrons. The van der Waals surface area contributed by atoms with Crippen LogP contribution in [-0.2, 0) is 13.0 Å². The topological polar surface area (TPSA) is 82.9 Å². The highest BCUT2D eigenvalue weighted by Gasteiger charge is 2.20. The van der Waals surface area contributed by atoms with E-state index in [1.165, 1.54) is 5.56 Å². The van der Waals surface area contributed by atoms with Crippen molar-refractivity contribution >= 4 is 29.9 Å². The Morgan fingerprint density at radius 2 is 1.88 bits per heavy atom. The molecule has 0 atom stereocenters. The Hall–Kier alpha value is -2.40.